The average Bonchev–Trinajstić information content (AvgIpc) is 3.36. The third-order valence-corrected chi connectivity index (χ3v) is 6.25. The van der Waals surface area contributed by atoms with Crippen LogP contribution in [0.4, 0.5) is 5.82 Å². The van der Waals surface area contributed by atoms with Crippen molar-refractivity contribution in [3.8, 4) is 28.5 Å². The highest BCUT2D eigenvalue weighted by atomic mass is 16.5. The molecule has 4 N–H and O–H groups in total. The monoisotopic (exact) mass is 524 g/mol. The predicted octanol–water partition coefficient (Wildman–Crippen LogP) is 5.41. The molecule has 0 spiro atoms. The van der Waals surface area contributed by atoms with E-state index in [0.717, 1.165) is 50.2 Å². The number of rotatable bonds is 10. The molecule has 0 saturated heterocycles. The third-order valence-electron chi connectivity index (χ3n) is 6.25. The molecule has 3 aromatic carbocycles. The minimum absolute atomic E-state index is 0.365. The number of nitrogens with one attached hydrogen (secondary N) is 3. The lowest BCUT2D eigenvalue weighted by Gasteiger charge is -2.13. The number of hydroxylamine groups is 1. The maximum absolute atomic E-state index is 11.2. The van der Waals surface area contributed by atoms with Gasteiger partial charge in [-0.25, -0.2) is 10.5 Å². The van der Waals surface area contributed by atoms with E-state index >= 15 is 0 Å². The summed E-state index contributed by atoms with van der Waals surface area (Å²) in [6.07, 6.45) is 2.78. The van der Waals surface area contributed by atoms with Crippen molar-refractivity contribution in [1.29, 1.82) is 0 Å². The number of carbonyl (C=O) groups excluding carboxylic acids is 1. The Morgan fingerprint density at radius 1 is 0.974 bits per heavy atom. The topological polar surface area (TPSA) is 118 Å². The van der Waals surface area contributed by atoms with Crippen LogP contribution in [0, 0.1) is 0 Å². The lowest BCUT2D eigenvalue weighted by molar-refractivity contribution is -0.124. The molecule has 0 aliphatic rings. The second-order valence-corrected chi connectivity index (χ2v) is 8.67. The molecule has 9 nitrogen and oxygen atoms in total. The zero-order valence-electron chi connectivity index (χ0n) is 21.5. The maximum Gasteiger partial charge on any atom is 0.267 e. The number of pyridine rings is 1. The lowest BCUT2D eigenvalue weighted by atomic mass is 10.1. The van der Waals surface area contributed by atoms with Gasteiger partial charge in [-0.1, -0.05) is 24.3 Å². The Balaban J connectivity index is 1.35. The fraction of sp³-hybridized carbons (Fsp3) is 0.133. The highest BCUT2D eigenvalue weighted by molar-refractivity contribution is 6.11. The van der Waals surface area contributed by atoms with Crippen LogP contribution in [0.15, 0.2) is 78.9 Å². The van der Waals surface area contributed by atoms with Crippen molar-refractivity contribution in [2.24, 2.45) is 0 Å². The predicted molar refractivity (Wildman–Crippen MR) is 152 cm³/mol. The molecule has 5 rings (SSSR count). The van der Waals surface area contributed by atoms with E-state index < -0.39 is 5.91 Å². The first-order valence-electron chi connectivity index (χ1n) is 12.3. The first kappa shape index (κ1) is 25.6. The Hall–Kier alpha value is -5.02. The van der Waals surface area contributed by atoms with Crippen molar-refractivity contribution in [2.75, 3.05) is 32.7 Å². The van der Waals surface area contributed by atoms with Crippen molar-refractivity contribution in [1.82, 2.24) is 15.4 Å². The smallest absolute Gasteiger partial charge is 0.267 e. The van der Waals surface area contributed by atoms with Gasteiger partial charge in [0.25, 0.3) is 5.91 Å². The van der Waals surface area contributed by atoms with E-state index in [2.05, 4.69) is 22.4 Å². The summed E-state index contributed by atoms with van der Waals surface area (Å²) in [5, 5.41) is 14.2. The summed E-state index contributed by atoms with van der Waals surface area (Å²) in [5.41, 5.74) is 6.12. The second-order valence-electron chi connectivity index (χ2n) is 8.67. The molecule has 0 aliphatic heterocycles. The van der Waals surface area contributed by atoms with E-state index in [0.29, 0.717) is 24.7 Å². The van der Waals surface area contributed by atoms with E-state index in [1.54, 1.807) is 44.0 Å². The van der Waals surface area contributed by atoms with Gasteiger partial charge in [0.15, 0.2) is 11.5 Å². The second kappa shape index (κ2) is 11.6. The SMILES string of the molecule is COc1ccc(-c2nc(NCCOc3ccc(/C=C/C(=O)NO)cc3OC)cc3c2[nH]c2ccccc23)cc1. The molecule has 0 unspecified atom stereocenters. The van der Waals surface area contributed by atoms with Crippen molar-refractivity contribution >= 4 is 39.6 Å². The molecule has 2 aromatic heterocycles. The van der Waals surface area contributed by atoms with Crippen LogP contribution in [0.5, 0.6) is 17.2 Å². The molecule has 39 heavy (non-hydrogen) atoms. The molecule has 1 amide bonds. The number of hydrogen-bond acceptors (Lipinski definition) is 7. The third kappa shape index (κ3) is 5.63. The normalized spacial score (nSPS) is 11.2. The summed E-state index contributed by atoms with van der Waals surface area (Å²) in [7, 11) is 3.20. The van der Waals surface area contributed by atoms with E-state index in [1.165, 1.54) is 6.08 Å². The first-order chi connectivity index (χ1) is 19.1. The van der Waals surface area contributed by atoms with Crippen LogP contribution in [0.3, 0.4) is 0 Å². The number of methoxy groups -OCH3 is 2. The van der Waals surface area contributed by atoms with Gasteiger partial charge in [0.05, 0.1) is 32.0 Å². The van der Waals surface area contributed by atoms with Crippen molar-refractivity contribution in [2.45, 2.75) is 0 Å². The maximum atomic E-state index is 11.2. The molecule has 9 heteroatoms. The van der Waals surface area contributed by atoms with Gasteiger partial charge < -0.3 is 24.5 Å². The molecule has 0 radical (unpaired) electrons. The van der Waals surface area contributed by atoms with Gasteiger partial charge in [-0.3, -0.25) is 10.0 Å². The Labute approximate surface area is 225 Å². The molecule has 0 aliphatic carbocycles. The highest BCUT2D eigenvalue weighted by Gasteiger charge is 2.14. The van der Waals surface area contributed by atoms with Crippen molar-refractivity contribution in [3.63, 3.8) is 0 Å². The van der Waals surface area contributed by atoms with Gasteiger partial charge >= 0.3 is 0 Å². The van der Waals surface area contributed by atoms with Crippen molar-refractivity contribution < 1.29 is 24.2 Å². The van der Waals surface area contributed by atoms with Crippen molar-refractivity contribution in [3.05, 3.63) is 84.4 Å². The van der Waals surface area contributed by atoms with Crippen LogP contribution in [0.2, 0.25) is 0 Å². The molecular formula is C30H28N4O5. The molecule has 5 aromatic rings. The lowest BCUT2D eigenvalue weighted by Crippen LogP contribution is -2.14. The summed E-state index contributed by atoms with van der Waals surface area (Å²) in [6, 6.07) is 23.4. The number of aromatic nitrogens is 2. The number of hydrogen-bond donors (Lipinski definition) is 4. The number of anilines is 1. The minimum atomic E-state index is -0.616. The van der Waals surface area contributed by atoms with Gasteiger partial charge in [0, 0.05) is 27.9 Å². The summed E-state index contributed by atoms with van der Waals surface area (Å²) in [6.45, 7) is 0.869. The van der Waals surface area contributed by atoms with Crippen LogP contribution in [-0.2, 0) is 4.79 Å². The quantitative estimate of drug-likeness (QED) is 0.0835. The molecule has 2 heterocycles. The minimum Gasteiger partial charge on any atom is -0.497 e. The van der Waals surface area contributed by atoms with E-state index in [4.69, 9.17) is 24.4 Å². The molecule has 0 saturated carbocycles. The van der Waals surface area contributed by atoms with Crippen LogP contribution in [0.25, 0.3) is 39.1 Å². The molecule has 0 atom stereocenters. The zero-order valence-corrected chi connectivity index (χ0v) is 21.5. The number of nitrogens with zero attached hydrogens (tertiary/aromatic N) is 1. The van der Waals surface area contributed by atoms with Gasteiger partial charge in [0.2, 0.25) is 0 Å². The summed E-state index contributed by atoms with van der Waals surface area (Å²) >= 11 is 0. The summed E-state index contributed by atoms with van der Waals surface area (Å²) in [5.74, 6) is 2.00. The van der Waals surface area contributed by atoms with Gasteiger partial charge in [-0.05, 0) is 60.2 Å². The zero-order chi connectivity index (χ0) is 27.2. The van der Waals surface area contributed by atoms with Crippen LogP contribution >= 0.6 is 0 Å². The standard InChI is InChI=1S/C30H28N4O5/c1-37-21-11-9-20(10-12-21)29-30-23(22-5-3-4-6-24(22)32-30)18-27(33-29)31-15-16-39-25-13-7-19(17-26(25)38-2)8-14-28(35)34-36/h3-14,17-18,32,36H,15-16H2,1-2H3,(H,31,33)(H,34,35)/b14-8+. The van der Waals surface area contributed by atoms with Gasteiger partial charge in [-0.2, -0.15) is 0 Å². The molecule has 198 valence electrons. The van der Waals surface area contributed by atoms with Crippen LogP contribution < -0.4 is 25.0 Å². The Morgan fingerprint density at radius 2 is 1.79 bits per heavy atom. The Kier molecular flexibility index (Phi) is 7.60. The number of benzene rings is 3. The van der Waals surface area contributed by atoms with E-state index in [1.807, 2.05) is 42.5 Å². The molecule has 0 fully saturated rings. The van der Waals surface area contributed by atoms with Gasteiger partial charge in [0.1, 0.15) is 18.2 Å². The average molecular weight is 525 g/mol. The van der Waals surface area contributed by atoms with Crippen LogP contribution in [-0.4, -0.2) is 48.5 Å². The number of ether oxygens (including phenoxy) is 3. The van der Waals surface area contributed by atoms with Crippen LogP contribution in [0.1, 0.15) is 5.56 Å². The number of amides is 1. The molecular weight excluding hydrogens is 496 g/mol. The summed E-state index contributed by atoms with van der Waals surface area (Å²) in [4.78, 5) is 19.7. The Bertz CT molecular complexity index is 1640. The Morgan fingerprint density at radius 3 is 2.56 bits per heavy atom. The number of para-hydroxylation sites is 1. The molecule has 0 bridgehead atoms. The number of H-pyrrole nitrogens is 1. The van der Waals surface area contributed by atoms with E-state index in [-0.39, 0.29) is 0 Å². The largest absolute Gasteiger partial charge is 0.497 e. The first-order valence-corrected chi connectivity index (χ1v) is 12.3. The number of aromatic amines is 1. The number of fused-ring (bicyclic) bond motifs is 3. The van der Waals surface area contributed by atoms with Gasteiger partial charge in [-0.15, -0.1) is 0 Å². The fourth-order valence-electron chi connectivity index (χ4n) is 4.35. The fourth-order valence-corrected chi connectivity index (χ4v) is 4.35. The highest BCUT2D eigenvalue weighted by Crippen LogP contribution is 2.34. The summed E-state index contributed by atoms with van der Waals surface area (Å²) < 4.78 is 16.7. The van der Waals surface area contributed by atoms with E-state index in [9.17, 15) is 4.79 Å². The number of carbonyl (C=O) groups is 1.